The zero-order valence-corrected chi connectivity index (χ0v) is 16.3. The number of rotatable bonds is 3. The number of aryl methyl sites for hydroxylation is 2. The second kappa shape index (κ2) is 6.27. The Morgan fingerprint density at radius 3 is 2.64 bits per heavy atom. The van der Waals surface area contributed by atoms with Gasteiger partial charge in [-0.25, -0.2) is 0 Å². The third-order valence-corrected chi connectivity index (χ3v) is 5.51. The lowest BCUT2D eigenvalue weighted by Gasteiger charge is -2.19. The first kappa shape index (κ1) is 17.1. The van der Waals surface area contributed by atoms with E-state index in [-0.39, 0.29) is 12.5 Å². The Balaban J connectivity index is 1.77. The Bertz CT molecular complexity index is 1110. The molecule has 6 nitrogen and oxygen atoms in total. The molecule has 0 aliphatic carbocycles. The lowest BCUT2D eigenvalue weighted by atomic mass is 9.94. The molecule has 3 aromatic rings. The van der Waals surface area contributed by atoms with Gasteiger partial charge in [0, 0.05) is 24.4 Å². The van der Waals surface area contributed by atoms with Gasteiger partial charge in [-0.3, -0.25) is 0 Å². The minimum atomic E-state index is 0.187. The molecule has 28 heavy (non-hydrogen) atoms. The number of benzene rings is 2. The molecule has 0 saturated carbocycles. The summed E-state index contributed by atoms with van der Waals surface area (Å²) < 4.78 is 18.8. The summed E-state index contributed by atoms with van der Waals surface area (Å²) in [5.74, 6) is 2.30. The van der Waals surface area contributed by atoms with E-state index in [4.69, 9.17) is 14.2 Å². The maximum absolute atomic E-state index is 10.7. The maximum Gasteiger partial charge on any atom is 0.231 e. The number of methoxy groups -OCH3 is 1. The molecule has 3 heterocycles. The van der Waals surface area contributed by atoms with Crippen LogP contribution in [0.3, 0.4) is 0 Å². The van der Waals surface area contributed by atoms with Gasteiger partial charge < -0.3 is 24.2 Å². The minimum Gasteiger partial charge on any atom is -0.504 e. The number of aromatic hydroxyl groups is 1. The van der Waals surface area contributed by atoms with Crippen molar-refractivity contribution in [3.63, 3.8) is 0 Å². The number of fused-ring (bicyclic) bond motifs is 5. The number of nitrogens with zero attached hydrogens (tertiary/aromatic N) is 2. The molecule has 0 amide bonds. The summed E-state index contributed by atoms with van der Waals surface area (Å²) in [4.78, 5) is 2.11. The van der Waals surface area contributed by atoms with E-state index in [2.05, 4.69) is 27.7 Å². The van der Waals surface area contributed by atoms with Crippen LogP contribution in [0.15, 0.2) is 30.5 Å². The molecule has 0 unspecified atom stereocenters. The molecule has 1 aromatic heterocycles. The predicted molar refractivity (Wildman–Crippen MR) is 105 cm³/mol. The van der Waals surface area contributed by atoms with Crippen LogP contribution in [0.1, 0.15) is 11.1 Å². The van der Waals surface area contributed by atoms with E-state index in [1.807, 2.05) is 26.4 Å². The summed E-state index contributed by atoms with van der Waals surface area (Å²) in [6, 6.07) is 8.27. The first-order chi connectivity index (χ1) is 13.5. The van der Waals surface area contributed by atoms with Gasteiger partial charge in [0.25, 0.3) is 0 Å². The third kappa shape index (κ3) is 2.56. The molecular weight excluding hydrogens is 356 g/mol. The van der Waals surface area contributed by atoms with Crippen LogP contribution in [-0.2, 0) is 19.5 Å². The number of hydrogen-bond donors (Lipinski definition) is 1. The standard InChI is InChI=1S/C22H22N2O4/c1-23(2)10-14-7-21(26-3)22(25)17-11-24-5-4-13-6-19-20(28-12-27-19)9-16(13)18(24)8-15(14)17/h6-9,11H,4-5,10,12H2,1-3H3/p+1. The zero-order valence-electron chi connectivity index (χ0n) is 16.3. The fraction of sp³-hybridized carbons (Fsp3) is 0.318. The SMILES string of the molecule is COc1cc(CN(C)C)c2cc3[n+](cc2c1O)CCc1cc2c(cc1-3)OCO2. The van der Waals surface area contributed by atoms with E-state index in [1.54, 1.807) is 7.11 Å². The van der Waals surface area contributed by atoms with E-state index in [0.717, 1.165) is 58.6 Å². The fourth-order valence-corrected chi connectivity index (χ4v) is 4.20. The van der Waals surface area contributed by atoms with Gasteiger partial charge in [-0.15, -0.1) is 0 Å². The number of pyridine rings is 1. The average molecular weight is 379 g/mol. The van der Waals surface area contributed by atoms with Crippen LogP contribution in [-0.4, -0.2) is 38.0 Å². The average Bonchev–Trinajstić information content (AvgIpc) is 3.14. The number of hydrogen-bond acceptors (Lipinski definition) is 5. The molecule has 0 fully saturated rings. The molecule has 0 bridgehead atoms. The Kier molecular flexibility index (Phi) is 3.84. The molecule has 2 aliphatic heterocycles. The van der Waals surface area contributed by atoms with Crippen molar-refractivity contribution >= 4 is 10.8 Å². The largest absolute Gasteiger partial charge is 0.504 e. The van der Waals surface area contributed by atoms with Gasteiger partial charge in [0.15, 0.2) is 35.7 Å². The van der Waals surface area contributed by atoms with Crippen LogP contribution in [0.2, 0.25) is 0 Å². The van der Waals surface area contributed by atoms with Crippen LogP contribution in [0.25, 0.3) is 22.0 Å². The number of ether oxygens (including phenoxy) is 3. The van der Waals surface area contributed by atoms with Crippen molar-refractivity contribution in [2.45, 2.75) is 19.5 Å². The quantitative estimate of drug-likeness (QED) is 0.710. The lowest BCUT2D eigenvalue weighted by Crippen LogP contribution is -2.40. The van der Waals surface area contributed by atoms with Gasteiger partial charge >= 0.3 is 0 Å². The molecule has 2 aromatic carbocycles. The molecule has 6 heteroatoms. The second-order valence-corrected chi connectivity index (χ2v) is 7.62. The van der Waals surface area contributed by atoms with Crippen LogP contribution < -0.4 is 18.8 Å². The van der Waals surface area contributed by atoms with Crippen LogP contribution in [0, 0.1) is 0 Å². The van der Waals surface area contributed by atoms with E-state index < -0.39 is 0 Å². The summed E-state index contributed by atoms with van der Waals surface area (Å²) in [6.45, 7) is 1.87. The van der Waals surface area contributed by atoms with Gasteiger partial charge in [0.2, 0.25) is 12.5 Å². The normalized spacial score (nSPS) is 14.3. The molecule has 0 saturated heterocycles. The van der Waals surface area contributed by atoms with Gasteiger partial charge in [0.1, 0.15) is 0 Å². The fourth-order valence-electron chi connectivity index (χ4n) is 4.20. The molecule has 1 N–H and O–H groups in total. The molecule has 2 aliphatic rings. The first-order valence-corrected chi connectivity index (χ1v) is 9.39. The highest BCUT2D eigenvalue weighted by Gasteiger charge is 2.29. The van der Waals surface area contributed by atoms with Gasteiger partial charge in [-0.1, -0.05) is 0 Å². The number of phenols is 1. The number of aromatic nitrogens is 1. The summed E-state index contributed by atoms with van der Waals surface area (Å²) in [5, 5.41) is 12.6. The van der Waals surface area contributed by atoms with E-state index in [0.29, 0.717) is 5.75 Å². The smallest absolute Gasteiger partial charge is 0.231 e. The van der Waals surface area contributed by atoms with Crippen LogP contribution in [0.4, 0.5) is 0 Å². The van der Waals surface area contributed by atoms with Crippen molar-refractivity contribution < 1.29 is 23.9 Å². The Morgan fingerprint density at radius 2 is 1.89 bits per heavy atom. The van der Waals surface area contributed by atoms with Gasteiger partial charge in [0.05, 0.1) is 18.1 Å². The maximum atomic E-state index is 10.7. The van der Waals surface area contributed by atoms with Crippen molar-refractivity contribution in [2.24, 2.45) is 0 Å². The van der Waals surface area contributed by atoms with Crippen molar-refractivity contribution in [3.8, 4) is 34.3 Å². The molecule has 144 valence electrons. The Labute approximate surface area is 163 Å². The van der Waals surface area contributed by atoms with Gasteiger partial charge in [-0.2, -0.15) is 4.57 Å². The Morgan fingerprint density at radius 1 is 1.11 bits per heavy atom. The van der Waals surface area contributed by atoms with E-state index >= 15 is 0 Å². The summed E-state index contributed by atoms with van der Waals surface area (Å²) in [6.07, 6.45) is 2.94. The van der Waals surface area contributed by atoms with Gasteiger partial charge in [-0.05, 0) is 43.4 Å². The van der Waals surface area contributed by atoms with Crippen molar-refractivity contribution in [1.82, 2.24) is 4.90 Å². The van der Waals surface area contributed by atoms with Crippen molar-refractivity contribution in [2.75, 3.05) is 28.0 Å². The number of phenolic OH excluding ortho intramolecular Hbond substituents is 1. The van der Waals surface area contributed by atoms with E-state index in [1.165, 1.54) is 5.56 Å². The van der Waals surface area contributed by atoms with Crippen molar-refractivity contribution in [3.05, 3.63) is 41.6 Å². The summed E-state index contributed by atoms with van der Waals surface area (Å²) in [7, 11) is 5.66. The Hall–Kier alpha value is -2.99. The molecule has 0 atom stereocenters. The zero-order chi connectivity index (χ0) is 19.4. The minimum absolute atomic E-state index is 0.187. The molecule has 0 radical (unpaired) electrons. The topological polar surface area (TPSA) is 55.0 Å². The summed E-state index contributed by atoms with van der Waals surface area (Å²) >= 11 is 0. The van der Waals surface area contributed by atoms with E-state index in [9.17, 15) is 5.11 Å². The highest BCUT2D eigenvalue weighted by atomic mass is 16.7. The highest BCUT2D eigenvalue weighted by Crippen LogP contribution is 2.42. The molecule has 0 spiro atoms. The molecular formula is C22H23N2O4+. The second-order valence-electron chi connectivity index (χ2n) is 7.62. The van der Waals surface area contributed by atoms with Crippen molar-refractivity contribution in [1.29, 1.82) is 0 Å². The predicted octanol–water partition coefficient (Wildman–Crippen LogP) is 2.85. The summed E-state index contributed by atoms with van der Waals surface area (Å²) in [5.41, 5.74) is 4.65. The first-order valence-electron chi connectivity index (χ1n) is 9.39. The van der Waals surface area contributed by atoms with Crippen LogP contribution in [0.5, 0.6) is 23.0 Å². The highest BCUT2D eigenvalue weighted by molar-refractivity contribution is 5.94. The molecule has 5 rings (SSSR count). The third-order valence-electron chi connectivity index (χ3n) is 5.51. The monoisotopic (exact) mass is 379 g/mol. The lowest BCUT2D eigenvalue weighted by molar-refractivity contribution is -0.686. The van der Waals surface area contributed by atoms with Crippen LogP contribution >= 0.6 is 0 Å².